The number of rotatable bonds is 5. The molecule has 27 heavy (non-hydrogen) atoms. The Kier molecular flexibility index (Phi) is 5.23. The molecule has 1 aromatic heterocycles. The van der Waals surface area contributed by atoms with Crippen LogP contribution in [0.2, 0.25) is 0 Å². The van der Waals surface area contributed by atoms with Crippen LogP contribution in [0.5, 0.6) is 0 Å². The van der Waals surface area contributed by atoms with Gasteiger partial charge in [0.05, 0.1) is 22.8 Å². The zero-order chi connectivity index (χ0) is 18.8. The van der Waals surface area contributed by atoms with Crippen LogP contribution in [0.25, 0.3) is 10.2 Å². The first kappa shape index (κ1) is 18.1. The van der Waals surface area contributed by atoms with Gasteiger partial charge in [-0.1, -0.05) is 37.3 Å². The Bertz CT molecular complexity index is 932. The van der Waals surface area contributed by atoms with Crippen molar-refractivity contribution in [2.75, 3.05) is 18.4 Å². The number of hydrogen-bond acceptors (Lipinski definition) is 4. The maximum atomic E-state index is 12.8. The van der Waals surface area contributed by atoms with Crippen molar-refractivity contribution in [3.8, 4) is 0 Å². The second-order valence-electron chi connectivity index (χ2n) is 7.16. The van der Waals surface area contributed by atoms with E-state index in [-0.39, 0.29) is 11.9 Å². The van der Waals surface area contributed by atoms with Gasteiger partial charge in [0.1, 0.15) is 5.01 Å². The number of thiazole rings is 1. The van der Waals surface area contributed by atoms with E-state index in [1.807, 2.05) is 12.1 Å². The lowest BCUT2D eigenvalue weighted by atomic mass is 10.1. The van der Waals surface area contributed by atoms with Crippen molar-refractivity contribution in [2.24, 2.45) is 0 Å². The van der Waals surface area contributed by atoms with Crippen LogP contribution in [-0.2, 0) is 11.2 Å². The number of hydrogen-bond donors (Lipinski definition) is 1. The standard InChI is InChI=1S/C22H25N3OS/c1-3-16-9-6-8-15(2)21(16)24-20(26)14-25-13-7-11-18(25)22-23-17-10-4-5-12-19(17)27-22/h4-6,8-10,12,18H,3,7,11,13-14H2,1-2H3,(H,24,26). The van der Waals surface area contributed by atoms with Crippen LogP contribution >= 0.6 is 11.3 Å². The van der Waals surface area contributed by atoms with Gasteiger partial charge >= 0.3 is 0 Å². The van der Waals surface area contributed by atoms with Gasteiger partial charge in [-0.2, -0.15) is 0 Å². The van der Waals surface area contributed by atoms with Crippen molar-refractivity contribution in [1.29, 1.82) is 0 Å². The molecular weight excluding hydrogens is 354 g/mol. The number of benzene rings is 2. The van der Waals surface area contributed by atoms with E-state index < -0.39 is 0 Å². The van der Waals surface area contributed by atoms with E-state index in [0.717, 1.165) is 47.6 Å². The number of nitrogens with one attached hydrogen (secondary N) is 1. The molecule has 1 aliphatic heterocycles. The molecule has 0 aliphatic carbocycles. The van der Waals surface area contributed by atoms with Gasteiger partial charge in [-0.25, -0.2) is 4.98 Å². The fourth-order valence-corrected chi connectivity index (χ4v) is 5.03. The molecule has 1 aliphatic rings. The minimum Gasteiger partial charge on any atom is -0.324 e. The lowest BCUT2D eigenvalue weighted by Crippen LogP contribution is -2.33. The van der Waals surface area contributed by atoms with E-state index in [1.54, 1.807) is 11.3 Å². The van der Waals surface area contributed by atoms with Gasteiger partial charge in [0.2, 0.25) is 5.91 Å². The first-order chi connectivity index (χ1) is 13.2. The van der Waals surface area contributed by atoms with E-state index in [9.17, 15) is 4.79 Å². The number of nitrogens with zero attached hydrogens (tertiary/aromatic N) is 2. The summed E-state index contributed by atoms with van der Waals surface area (Å²) in [5, 5.41) is 4.29. The summed E-state index contributed by atoms with van der Waals surface area (Å²) >= 11 is 1.75. The molecule has 1 amide bonds. The van der Waals surface area contributed by atoms with E-state index in [1.165, 1.54) is 10.3 Å². The number of carbonyl (C=O) groups is 1. The Morgan fingerprint density at radius 2 is 2.11 bits per heavy atom. The molecule has 2 heterocycles. The highest BCUT2D eigenvalue weighted by Gasteiger charge is 2.30. The lowest BCUT2D eigenvalue weighted by Gasteiger charge is -2.22. The number of amides is 1. The predicted octanol–water partition coefficient (Wildman–Crippen LogP) is 4.94. The van der Waals surface area contributed by atoms with Crippen molar-refractivity contribution < 1.29 is 4.79 Å². The summed E-state index contributed by atoms with van der Waals surface area (Å²) in [5.41, 5.74) is 4.33. The zero-order valence-corrected chi connectivity index (χ0v) is 16.7. The fraction of sp³-hybridized carbons (Fsp3) is 0.364. The number of para-hydroxylation sites is 2. The first-order valence-corrected chi connectivity index (χ1v) is 10.4. The van der Waals surface area contributed by atoms with Crippen LogP contribution in [-0.4, -0.2) is 28.9 Å². The maximum Gasteiger partial charge on any atom is 0.238 e. The minimum absolute atomic E-state index is 0.0620. The van der Waals surface area contributed by atoms with E-state index in [4.69, 9.17) is 4.98 Å². The van der Waals surface area contributed by atoms with Gasteiger partial charge < -0.3 is 5.32 Å². The average Bonchev–Trinajstić information content (AvgIpc) is 3.29. The number of aromatic nitrogens is 1. The Balaban J connectivity index is 1.49. The van der Waals surface area contributed by atoms with Crippen LogP contribution in [0.15, 0.2) is 42.5 Å². The monoisotopic (exact) mass is 379 g/mol. The van der Waals surface area contributed by atoms with Crippen LogP contribution in [0.4, 0.5) is 5.69 Å². The highest BCUT2D eigenvalue weighted by molar-refractivity contribution is 7.18. The number of carbonyl (C=O) groups excluding carboxylic acids is 1. The third-order valence-corrected chi connectivity index (χ3v) is 6.45. The molecule has 140 valence electrons. The summed E-state index contributed by atoms with van der Waals surface area (Å²) in [6, 6.07) is 14.7. The van der Waals surface area contributed by atoms with Gasteiger partial charge in [0.25, 0.3) is 0 Å². The van der Waals surface area contributed by atoms with Gasteiger partial charge in [0.15, 0.2) is 0 Å². The molecule has 1 fully saturated rings. The van der Waals surface area contributed by atoms with Crippen molar-refractivity contribution in [3.63, 3.8) is 0 Å². The molecule has 0 bridgehead atoms. The molecule has 1 unspecified atom stereocenters. The Hall–Kier alpha value is -2.24. The third kappa shape index (κ3) is 3.75. The number of likely N-dealkylation sites (tertiary alicyclic amines) is 1. The molecule has 4 rings (SSSR count). The molecule has 2 aromatic carbocycles. The van der Waals surface area contributed by atoms with Gasteiger partial charge in [-0.3, -0.25) is 9.69 Å². The second kappa shape index (κ2) is 7.79. The highest BCUT2D eigenvalue weighted by Crippen LogP contribution is 2.36. The topological polar surface area (TPSA) is 45.2 Å². The van der Waals surface area contributed by atoms with Crippen LogP contribution in [0.1, 0.15) is 41.9 Å². The molecule has 0 spiro atoms. The SMILES string of the molecule is CCc1cccc(C)c1NC(=O)CN1CCCC1c1nc2ccccc2s1. The molecule has 4 nitrogen and oxygen atoms in total. The second-order valence-corrected chi connectivity index (χ2v) is 8.22. The highest BCUT2D eigenvalue weighted by atomic mass is 32.1. The minimum atomic E-state index is 0.0620. The largest absolute Gasteiger partial charge is 0.324 e. The van der Waals surface area contributed by atoms with Gasteiger partial charge in [-0.05, 0) is 56.0 Å². The summed E-state index contributed by atoms with van der Waals surface area (Å²) in [7, 11) is 0. The van der Waals surface area contributed by atoms with Crippen molar-refractivity contribution in [2.45, 2.75) is 39.2 Å². The Morgan fingerprint density at radius 3 is 2.93 bits per heavy atom. The first-order valence-electron chi connectivity index (χ1n) is 9.63. The van der Waals surface area contributed by atoms with E-state index >= 15 is 0 Å². The lowest BCUT2D eigenvalue weighted by molar-refractivity contribution is -0.117. The third-order valence-electron chi connectivity index (χ3n) is 5.31. The summed E-state index contributed by atoms with van der Waals surface area (Å²) in [6.45, 7) is 5.53. The van der Waals surface area contributed by atoms with Crippen molar-refractivity contribution in [1.82, 2.24) is 9.88 Å². The van der Waals surface area contributed by atoms with E-state index in [0.29, 0.717) is 6.54 Å². The molecule has 3 aromatic rings. The summed E-state index contributed by atoms with van der Waals surface area (Å²) in [4.78, 5) is 19.9. The number of fused-ring (bicyclic) bond motifs is 1. The molecule has 1 saturated heterocycles. The van der Waals surface area contributed by atoms with Gasteiger partial charge in [-0.15, -0.1) is 11.3 Å². The zero-order valence-electron chi connectivity index (χ0n) is 15.9. The van der Waals surface area contributed by atoms with Crippen LogP contribution < -0.4 is 5.32 Å². The quantitative estimate of drug-likeness (QED) is 0.683. The molecule has 1 N–H and O–H groups in total. The van der Waals surface area contributed by atoms with Crippen LogP contribution in [0, 0.1) is 6.92 Å². The number of aryl methyl sites for hydroxylation is 2. The maximum absolute atomic E-state index is 12.8. The van der Waals surface area contributed by atoms with Crippen LogP contribution in [0.3, 0.4) is 0 Å². The van der Waals surface area contributed by atoms with Crippen molar-refractivity contribution in [3.05, 3.63) is 58.6 Å². The summed E-state index contributed by atoms with van der Waals surface area (Å²) in [6.07, 6.45) is 3.09. The molecule has 1 atom stereocenters. The predicted molar refractivity (Wildman–Crippen MR) is 112 cm³/mol. The Morgan fingerprint density at radius 1 is 1.26 bits per heavy atom. The van der Waals surface area contributed by atoms with Gasteiger partial charge in [0, 0.05) is 5.69 Å². The normalized spacial score (nSPS) is 17.5. The molecular formula is C22H25N3OS. The summed E-state index contributed by atoms with van der Waals surface area (Å²) < 4.78 is 1.22. The smallest absolute Gasteiger partial charge is 0.238 e. The average molecular weight is 380 g/mol. The molecule has 0 saturated carbocycles. The molecule has 5 heteroatoms. The number of anilines is 1. The Labute approximate surface area is 164 Å². The van der Waals surface area contributed by atoms with E-state index in [2.05, 4.69) is 54.4 Å². The fourth-order valence-electron chi connectivity index (χ4n) is 3.89. The molecule has 0 radical (unpaired) electrons. The van der Waals surface area contributed by atoms with Crippen molar-refractivity contribution >= 4 is 33.1 Å². The summed E-state index contributed by atoms with van der Waals surface area (Å²) in [5.74, 6) is 0.0620.